The molecule has 1 aromatic heterocycles. The van der Waals surface area contributed by atoms with E-state index >= 15 is 0 Å². The van der Waals surface area contributed by atoms with Crippen LogP contribution in [0.2, 0.25) is 0 Å². The molecule has 2 rings (SSSR count). The van der Waals surface area contributed by atoms with E-state index in [1.54, 1.807) is 4.72 Å². The van der Waals surface area contributed by atoms with Crippen molar-refractivity contribution in [1.29, 1.82) is 0 Å². The van der Waals surface area contributed by atoms with Gasteiger partial charge in [-0.3, -0.25) is 4.79 Å². The van der Waals surface area contributed by atoms with Crippen LogP contribution in [0.3, 0.4) is 0 Å². The minimum Gasteiger partial charge on any atom is -0.379 e. The zero-order chi connectivity index (χ0) is 15.9. The van der Waals surface area contributed by atoms with Gasteiger partial charge in [0.25, 0.3) is 15.9 Å². The molecule has 1 saturated heterocycles. The lowest BCUT2D eigenvalue weighted by Crippen LogP contribution is -2.59. The molecule has 0 saturated carbocycles. The van der Waals surface area contributed by atoms with Crippen molar-refractivity contribution in [3.05, 3.63) is 17.0 Å². The van der Waals surface area contributed by atoms with Crippen molar-refractivity contribution in [3.8, 4) is 0 Å². The highest BCUT2D eigenvalue weighted by atomic mass is 32.2. The molecule has 0 spiro atoms. The quantitative estimate of drug-likeness (QED) is 0.846. The van der Waals surface area contributed by atoms with Gasteiger partial charge in [-0.15, -0.1) is 11.3 Å². The van der Waals surface area contributed by atoms with E-state index in [-0.39, 0.29) is 12.2 Å². The maximum atomic E-state index is 13.2. The molecular formula is C10H11F3N2O4S2. The summed E-state index contributed by atoms with van der Waals surface area (Å²) in [6, 6.07) is 1.15. The van der Waals surface area contributed by atoms with E-state index < -0.39 is 44.9 Å². The molecule has 21 heavy (non-hydrogen) atoms. The molecule has 2 heterocycles. The van der Waals surface area contributed by atoms with E-state index in [0.717, 1.165) is 6.07 Å². The van der Waals surface area contributed by atoms with Crippen LogP contribution < -0.4 is 10.5 Å². The number of nitrogens with two attached hydrogens (primary N) is 1. The summed E-state index contributed by atoms with van der Waals surface area (Å²) >= 11 is 0.618. The van der Waals surface area contributed by atoms with Crippen LogP contribution >= 0.6 is 11.3 Å². The van der Waals surface area contributed by atoms with Gasteiger partial charge in [0.2, 0.25) is 0 Å². The van der Waals surface area contributed by atoms with Crippen molar-refractivity contribution in [1.82, 2.24) is 4.72 Å². The van der Waals surface area contributed by atoms with Gasteiger partial charge in [0.05, 0.1) is 12.2 Å². The van der Waals surface area contributed by atoms with Crippen molar-refractivity contribution < 1.29 is 31.1 Å². The number of thiophene rings is 1. The molecule has 1 aliphatic heterocycles. The molecule has 1 atom stereocenters. The van der Waals surface area contributed by atoms with Gasteiger partial charge in [-0.05, 0) is 11.4 Å². The standard InChI is InChI=1S/C10H11F3N2O4S2/c11-10(12,13)9(2-3-19-5-9)15-21(17,18)8-6(7(14)16)1-4-20-8/h1,4,15H,2-3,5H2,(H2,14,16). The average molecular weight is 344 g/mol. The first-order valence-corrected chi connectivity index (χ1v) is 8.01. The first-order valence-electron chi connectivity index (χ1n) is 5.65. The van der Waals surface area contributed by atoms with Gasteiger partial charge in [-0.1, -0.05) is 0 Å². The number of amides is 1. The van der Waals surface area contributed by atoms with Crippen LogP contribution in [-0.4, -0.2) is 39.3 Å². The largest absolute Gasteiger partial charge is 0.409 e. The van der Waals surface area contributed by atoms with Gasteiger partial charge >= 0.3 is 6.18 Å². The number of carbonyl (C=O) groups excluding carboxylic acids is 1. The van der Waals surface area contributed by atoms with Gasteiger partial charge in [-0.2, -0.15) is 17.9 Å². The Morgan fingerprint density at radius 1 is 1.48 bits per heavy atom. The fraction of sp³-hybridized carbons (Fsp3) is 0.500. The van der Waals surface area contributed by atoms with Gasteiger partial charge in [0.1, 0.15) is 4.21 Å². The van der Waals surface area contributed by atoms with Gasteiger partial charge < -0.3 is 10.5 Å². The fourth-order valence-corrected chi connectivity index (χ4v) is 4.68. The van der Waals surface area contributed by atoms with Crippen molar-refractivity contribution in [2.24, 2.45) is 5.73 Å². The number of carbonyl (C=O) groups is 1. The molecule has 0 aliphatic carbocycles. The summed E-state index contributed by atoms with van der Waals surface area (Å²) in [7, 11) is -4.55. The third-order valence-electron chi connectivity index (χ3n) is 3.03. The van der Waals surface area contributed by atoms with Crippen molar-refractivity contribution >= 4 is 27.3 Å². The lowest BCUT2D eigenvalue weighted by Gasteiger charge is -2.30. The molecule has 1 unspecified atom stereocenters. The van der Waals surface area contributed by atoms with Crippen LogP contribution in [0.25, 0.3) is 0 Å². The Balaban J connectivity index is 2.41. The first-order chi connectivity index (χ1) is 9.59. The van der Waals surface area contributed by atoms with E-state index in [1.807, 2.05) is 0 Å². The second kappa shape index (κ2) is 5.23. The van der Waals surface area contributed by atoms with Crippen molar-refractivity contribution in [3.63, 3.8) is 0 Å². The lowest BCUT2D eigenvalue weighted by molar-refractivity contribution is -0.189. The number of sulfonamides is 1. The molecule has 0 bridgehead atoms. The van der Waals surface area contributed by atoms with Gasteiger partial charge in [0.15, 0.2) is 5.54 Å². The monoisotopic (exact) mass is 344 g/mol. The number of alkyl halides is 3. The Morgan fingerprint density at radius 2 is 2.14 bits per heavy atom. The van der Waals surface area contributed by atoms with E-state index in [9.17, 15) is 26.4 Å². The second-order valence-corrected chi connectivity index (χ2v) is 7.27. The minimum atomic E-state index is -4.82. The number of rotatable bonds is 4. The molecule has 118 valence electrons. The molecule has 0 radical (unpaired) electrons. The van der Waals surface area contributed by atoms with E-state index in [2.05, 4.69) is 0 Å². The molecule has 3 N–H and O–H groups in total. The molecule has 1 fully saturated rings. The zero-order valence-corrected chi connectivity index (χ0v) is 12.1. The third kappa shape index (κ3) is 2.91. The molecular weight excluding hydrogens is 333 g/mol. The predicted molar refractivity (Wildman–Crippen MR) is 67.4 cm³/mol. The number of hydrogen-bond donors (Lipinski definition) is 2. The molecule has 6 nitrogen and oxygen atoms in total. The molecule has 1 aromatic rings. The number of ether oxygens (including phenoxy) is 1. The summed E-state index contributed by atoms with van der Waals surface area (Å²) in [6.45, 7) is -1.03. The summed E-state index contributed by atoms with van der Waals surface area (Å²) in [5.74, 6) is -1.03. The van der Waals surface area contributed by atoms with Gasteiger partial charge in [-0.25, -0.2) is 8.42 Å². The van der Waals surface area contributed by atoms with E-state index in [0.29, 0.717) is 11.3 Å². The van der Waals surface area contributed by atoms with Crippen LogP contribution in [0.4, 0.5) is 13.2 Å². The normalized spacial score (nSPS) is 23.4. The minimum absolute atomic E-state index is 0.213. The Bertz CT molecular complexity index is 648. The number of halogens is 3. The average Bonchev–Trinajstić information content (AvgIpc) is 2.94. The van der Waals surface area contributed by atoms with E-state index in [4.69, 9.17) is 10.5 Å². The summed E-state index contributed by atoms with van der Waals surface area (Å²) in [5, 5.41) is 1.26. The fourth-order valence-electron chi connectivity index (χ4n) is 1.92. The topological polar surface area (TPSA) is 98.5 Å². The van der Waals surface area contributed by atoms with Crippen LogP contribution in [0.1, 0.15) is 16.8 Å². The second-order valence-electron chi connectivity index (χ2n) is 4.47. The highest BCUT2D eigenvalue weighted by Crippen LogP contribution is 2.38. The highest BCUT2D eigenvalue weighted by molar-refractivity contribution is 7.91. The SMILES string of the molecule is NC(=O)c1ccsc1S(=O)(=O)NC1(C(F)(F)F)CCOC1. The zero-order valence-electron chi connectivity index (χ0n) is 10.4. The van der Waals surface area contributed by atoms with Crippen molar-refractivity contribution in [2.75, 3.05) is 13.2 Å². The summed E-state index contributed by atoms with van der Waals surface area (Å²) in [5.41, 5.74) is 1.98. The number of nitrogens with one attached hydrogen (secondary N) is 1. The Hall–Kier alpha value is -1.17. The maximum Gasteiger partial charge on any atom is 0.409 e. The summed E-state index contributed by atoms with van der Waals surface area (Å²) < 4.78 is 69.6. The predicted octanol–water partition coefficient (Wildman–Crippen LogP) is 0.847. The molecule has 11 heteroatoms. The van der Waals surface area contributed by atoms with Crippen molar-refractivity contribution in [2.45, 2.75) is 22.3 Å². The van der Waals surface area contributed by atoms with E-state index in [1.165, 1.54) is 5.38 Å². The Labute approximate surface area is 122 Å². The highest BCUT2D eigenvalue weighted by Gasteiger charge is 2.59. The number of primary amides is 1. The third-order valence-corrected chi connectivity index (χ3v) is 6.05. The van der Waals surface area contributed by atoms with Crippen LogP contribution in [0, 0.1) is 0 Å². The maximum absolute atomic E-state index is 13.2. The van der Waals surface area contributed by atoms with Crippen LogP contribution in [0.5, 0.6) is 0 Å². The lowest BCUT2D eigenvalue weighted by atomic mass is 10.0. The van der Waals surface area contributed by atoms with Crippen LogP contribution in [-0.2, 0) is 14.8 Å². The molecule has 0 aromatic carbocycles. The Kier molecular flexibility index (Phi) is 4.04. The summed E-state index contributed by atoms with van der Waals surface area (Å²) in [6.07, 6.45) is -5.35. The Morgan fingerprint density at radius 3 is 2.62 bits per heavy atom. The number of hydrogen-bond acceptors (Lipinski definition) is 5. The van der Waals surface area contributed by atoms with Gasteiger partial charge in [0, 0.05) is 13.0 Å². The summed E-state index contributed by atoms with van der Waals surface area (Å²) in [4.78, 5) is 11.1. The smallest absolute Gasteiger partial charge is 0.379 e. The molecule has 1 amide bonds. The van der Waals surface area contributed by atoms with Crippen LogP contribution in [0.15, 0.2) is 15.7 Å². The molecule has 1 aliphatic rings. The first kappa shape index (κ1) is 16.2.